The van der Waals surface area contributed by atoms with Gasteiger partial charge in [-0.1, -0.05) is 19.8 Å². The zero-order chi connectivity index (χ0) is 10.7. The van der Waals surface area contributed by atoms with Crippen LogP contribution in [-0.2, 0) is 0 Å². The number of hydrogen-bond acceptors (Lipinski definition) is 2. The average Bonchev–Trinajstić information content (AvgIpc) is 2.69. The van der Waals surface area contributed by atoms with Gasteiger partial charge < -0.3 is 10.0 Å². The summed E-state index contributed by atoms with van der Waals surface area (Å²) in [5.41, 5.74) is 0. The monoisotopic (exact) mass is 211 g/mol. The Bertz CT molecular complexity index is 187. The highest BCUT2D eigenvalue weighted by molar-refractivity contribution is 4.79. The summed E-state index contributed by atoms with van der Waals surface area (Å²) in [7, 11) is 0. The van der Waals surface area contributed by atoms with Crippen molar-refractivity contribution < 1.29 is 5.11 Å². The standard InChI is InChI=1S/C13H25NO/c1-11-2-4-12(5-3-11)8-14-7-6-13(9-14)10-15/h11-13,15H,2-10H2,1H3. The summed E-state index contributed by atoms with van der Waals surface area (Å²) in [6, 6.07) is 0. The fourth-order valence-corrected chi connectivity index (χ4v) is 3.10. The molecule has 0 aromatic heterocycles. The SMILES string of the molecule is CC1CCC(CN2CCC(CO)C2)CC1. The minimum atomic E-state index is 0.387. The Morgan fingerprint density at radius 1 is 1.07 bits per heavy atom. The summed E-state index contributed by atoms with van der Waals surface area (Å²) in [5.74, 6) is 2.47. The van der Waals surface area contributed by atoms with E-state index >= 15 is 0 Å². The lowest BCUT2D eigenvalue weighted by Crippen LogP contribution is -2.30. The normalized spacial score (nSPS) is 38.4. The lowest BCUT2D eigenvalue weighted by molar-refractivity contribution is 0.189. The lowest BCUT2D eigenvalue weighted by Gasteiger charge is -2.29. The molecule has 1 heterocycles. The van der Waals surface area contributed by atoms with E-state index in [4.69, 9.17) is 5.11 Å². The minimum absolute atomic E-state index is 0.387. The van der Waals surface area contributed by atoms with Gasteiger partial charge >= 0.3 is 0 Å². The Hall–Kier alpha value is -0.0800. The van der Waals surface area contributed by atoms with Gasteiger partial charge in [0.15, 0.2) is 0 Å². The second kappa shape index (κ2) is 5.31. The lowest BCUT2D eigenvalue weighted by atomic mass is 9.83. The smallest absolute Gasteiger partial charge is 0.0471 e. The highest BCUT2D eigenvalue weighted by Gasteiger charge is 2.25. The summed E-state index contributed by atoms with van der Waals surface area (Å²) in [4.78, 5) is 2.57. The van der Waals surface area contributed by atoms with Crippen LogP contribution >= 0.6 is 0 Å². The van der Waals surface area contributed by atoms with E-state index in [9.17, 15) is 0 Å². The van der Waals surface area contributed by atoms with Crippen molar-refractivity contribution in [2.24, 2.45) is 17.8 Å². The summed E-state index contributed by atoms with van der Waals surface area (Å²) < 4.78 is 0. The molecule has 15 heavy (non-hydrogen) atoms. The number of rotatable bonds is 3. The molecule has 2 fully saturated rings. The molecule has 0 bridgehead atoms. The second-order valence-corrected chi connectivity index (χ2v) is 5.72. The molecule has 88 valence electrons. The first kappa shape index (κ1) is 11.4. The number of hydrogen-bond donors (Lipinski definition) is 1. The Labute approximate surface area is 93.7 Å². The van der Waals surface area contributed by atoms with Crippen molar-refractivity contribution in [1.82, 2.24) is 4.90 Å². The van der Waals surface area contributed by atoms with Crippen LogP contribution in [0.2, 0.25) is 0 Å². The Balaban J connectivity index is 1.69. The van der Waals surface area contributed by atoms with Gasteiger partial charge in [0.05, 0.1) is 0 Å². The molecule has 0 aromatic carbocycles. The molecule has 2 nitrogen and oxygen atoms in total. The number of nitrogens with zero attached hydrogens (tertiary/aromatic N) is 1. The van der Waals surface area contributed by atoms with Crippen LogP contribution in [0.3, 0.4) is 0 Å². The van der Waals surface area contributed by atoms with Crippen LogP contribution < -0.4 is 0 Å². The predicted octanol–water partition coefficient (Wildman–Crippen LogP) is 2.13. The summed E-state index contributed by atoms with van der Waals surface area (Å²) in [6.45, 7) is 6.43. The fraction of sp³-hybridized carbons (Fsp3) is 1.00. The zero-order valence-electron chi connectivity index (χ0n) is 9.99. The van der Waals surface area contributed by atoms with Gasteiger partial charge in [0.1, 0.15) is 0 Å². The van der Waals surface area contributed by atoms with E-state index in [-0.39, 0.29) is 0 Å². The maximum Gasteiger partial charge on any atom is 0.0471 e. The molecule has 2 aliphatic rings. The third-order valence-corrected chi connectivity index (χ3v) is 4.28. The van der Waals surface area contributed by atoms with Crippen molar-refractivity contribution in [3.63, 3.8) is 0 Å². The molecule has 1 N–H and O–H groups in total. The van der Waals surface area contributed by atoms with Gasteiger partial charge in [0.2, 0.25) is 0 Å². The molecule has 1 aliphatic carbocycles. The molecular weight excluding hydrogens is 186 g/mol. The van der Waals surface area contributed by atoms with Crippen LogP contribution in [0, 0.1) is 17.8 Å². The Morgan fingerprint density at radius 3 is 2.40 bits per heavy atom. The molecule has 0 aromatic rings. The van der Waals surface area contributed by atoms with E-state index in [0.29, 0.717) is 12.5 Å². The number of likely N-dealkylation sites (tertiary alicyclic amines) is 1. The van der Waals surface area contributed by atoms with E-state index < -0.39 is 0 Å². The highest BCUT2D eigenvalue weighted by atomic mass is 16.3. The summed E-state index contributed by atoms with van der Waals surface area (Å²) in [5, 5.41) is 9.10. The molecule has 2 heteroatoms. The third kappa shape index (κ3) is 3.18. The van der Waals surface area contributed by atoms with E-state index in [0.717, 1.165) is 18.4 Å². The first-order chi connectivity index (χ1) is 7.28. The molecule has 1 aliphatic heterocycles. The molecular formula is C13H25NO. The van der Waals surface area contributed by atoms with Crippen molar-refractivity contribution in [3.8, 4) is 0 Å². The number of aliphatic hydroxyl groups excluding tert-OH is 1. The average molecular weight is 211 g/mol. The van der Waals surface area contributed by atoms with Gasteiger partial charge in [-0.3, -0.25) is 0 Å². The molecule has 1 saturated heterocycles. The molecule has 0 spiro atoms. The van der Waals surface area contributed by atoms with E-state index in [1.54, 1.807) is 0 Å². The van der Waals surface area contributed by atoms with E-state index in [1.165, 1.54) is 45.2 Å². The first-order valence-electron chi connectivity index (χ1n) is 6.61. The quantitative estimate of drug-likeness (QED) is 0.773. The van der Waals surface area contributed by atoms with Gasteiger partial charge in [0, 0.05) is 19.7 Å². The molecule has 1 unspecified atom stereocenters. The largest absolute Gasteiger partial charge is 0.396 e. The zero-order valence-corrected chi connectivity index (χ0v) is 9.99. The summed E-state index contributed by atoms with van der Waals surface area (Å²) >= 11 is 0. The van der Waals surface area contributed by atoms with Crippen LogP contribution in [0.4, 0.5) is 0 Å². The van der Waals surface area contributed by atoms with Crippen LogP contribution in [0.25, 0.3) is 0 Å². The number of aliphatic hydroxyl groups is 1. The van der Waals surface area contributed by atoms with Crippen molar-refractivity contribution in [3.05, 3.63) is 0 Å². The molecule has 0 amide bonds. The molecule has 1 atom stereocenters. The Morgan fingerprint density at radius 2 is 1.80 bits per heavy atom. The van der Waals surface area contributed by atoms with Gasteiger partial charge in [-0.15, -0.1) is 0 Å². The van der Waals surface area contributed by atoms with Crippen LogP contribution in [0.5, 0.6) is 0 Å². The van der Waals surface area contributed by atoms with Crippen molar-refractivity contribution in [2.75, 3.05) is 26.2 Å². The highest BCUT2D eigenvalue weighted by Crippen LogP contribution is 2.30. The van der Waals surface area contributed by atoms with Gasteiger partial charge in [0.25, 0.3) is 0 Å². The second-order valence-electron chi connectivity index (χ2n) is 5.72. The fourth-order valence-electron chi connectivity index (χ4n) is 3.10. The van der Waals surface area contributed by atoms with Crippen LogP contribution in [0.1, 0.15) is 39.0 Å². The first-order valence-corrected chi connectivity index (χ1v) is 6.61. The van der Waals surface area contributed by atoms with Crippen molar-refractivity contribution in [2.45, 2.75) is 39.0 Å². The van der Waals surface area contributed by atoms with Crippen LogP contribution in [0.15, 0.2) is 0 Å². The van der Waals surface area contributed by atoms with Gasteiger partial charge in [-0.2, -0.15) is 0 Å². The predicted molar refractivity (Wildman–Crippen MR) is 62.8 cm³/mol. The maximum absolute atomic E-state index is 9.10. The molecule has 2 rings (SSSR count). The maximum atomic E-state index is 9.10. The Kier molecular flexibility index (Phi) is 4.04. The third-order valence-electron chi connectivity index (χ3n) is 4.28. The van der Waals surface area contributed by atoms with Crippen LogP contribution in [-0.4, -0.2) is 36.2 Å². The van der Waals surface area contributed by atoms with Gasteiger partial charge in [-0.25, -0.2) is 0 Å². The molecule has 0 radical (unpaired) electrons. The van der Waals surface area contributed by atoms with Crippen molar-refractivity contribution in [1.29, 1.82) is 0 Å². The van der Waals surface area contributed by atoms with Crippen molar-refractivity contribution >= 4 is 0 Å². The molecule has 1 saturated carbocycles. The minimum Gasteiger partial charge on any atom is -0.396 e. The van der Waals surface area contributed by atoms with Gasteiger partial charge in [-0.05, 0) is 43.6 Å². The summed E-state index contributed by atoms with van der Waals surface area (Å²) in [6.07, 6.45) is 6.94. The van der Waals surface area contributed by atoms with E-state index in [1.807, 2.05) is 0 Å². The topological polar surface area (TPSA) is 23.5 Å². The van der Waals surface area contributed by atoms with E-state index in [2.05, 4.69) is 11.8 Å².